The zero-order valence-corrected chi connectivity index (χ0v) is 11.4. The van der Waals surface area contributed by atoms with Gasteiger partial charge in [-0.3, -0.25) is 0 Å². The maximum Gasteiger partial charge on any atom is 0.214 e. The second kappa shape index (κ2) is 5.98. The van der Waals surface area contributed by atoms with Gasteiger partial charge in [-0.1, -0.05) is 26.7 Å². The van der Waals surface area contributed by atoms with Crippen LogP contribution in [0.1, 0.15) is 33.6 Å². The summed E-state index contributed by atoms with van der Waals surface area (Å²) >= 11 is 0. The highest BCUT2D eigenvalue weighted by Gasteiger charge is 2.30. The minimum absolute atomic E-state index is 0.0908. The van der Waals surface area contributed by atoms with Crippen molar-refractivity contribution in [2.24, 2.45) is 5.92 Å². The van der Waals surface area contributed by atoms with Crippen molar-refractivity contribution in [1.82, 2.24) is 9.62 Å². The van der Waals surface area contributed by atoms with Gasteiger partial charge in [0.25, 0.3) is 0 Å². The van der Waals surface area contributed by atoms with E-state index in [9.17, 15) is 8.42 Å². The first-order valence-electron chi connectivity index (χ1n) is 6.21. The molecule has 0 aliphatic carbocycles. The summed E-state index contributed by atoms with van der Waals surface area (Å²) in [6.07, 6.45) is 1.88. The molecular weight excluding hydrogens is 224 g/mol. The number of sulfonamides is 1. The molecule has 0 bridgehead atoms. The lowest BCUT2D eigenvalue weighted by atomic mass is 10.1. The van der Waals surface area contributed by atoms with Crippen molar-refractivity contribution in [2.75, 3.05) is 25.4 Å². The summed E-state index contributed by atoms with van der Waals surface area (Å²) in [7, 11) is -3.06. The number of nitrogens with zero attached hydrogens (tertiary/aromatic N) is 1. The van der Waals surface area contributed by atoms with Gasteiger partial charge in [0.1, 0.15) is 0 Å². The smallest absolute Gasteiger partial charge is 0.214 e. The Kier molecular flexibility index (Phi) is 5.21. The minimum Gasteiger partial charge on any atom is -0.314 e. The third-order valence-corrected chi connectivity index (χ3v) is 5.55. The van der Waals surface area contributed by atoms with Gasteiger partial charge in [0.15, 0.2) is 0 Å². The fraction of sp³-hybridized carbons (Fsp3) is 1.00. The van der Waals surface area contributed by atoms with Crippen LogP contribution in [0.15, 0.2) is 0 Å². The molecule has 0 aromatic carbocycles. The summed E-state index contributed by atoms with van der Waals surface area (Å²) in [5, 5.41) is 3.21. The quantitative estimate of drug-likeness (QED) is 0.791. The third-order valence-electron chi connectivity index (χ3n) is 3.40. The van der Waals surface area contributed by atoms with E-state index in [1.807, 2.05) is 6.92 Å². The van der Waals surface area contributed by atoms with Crippen LogP contribution >= 0.6 is 0 Å². The van der Waals surface area contributed by atoms with Crippen molar-refractivity contribution in [3.63, 3.8) is 0 Å². The number of nitrogens with one attached hydrogen (secondary N) is 1. The van der Waals surface area contributed by atoms with Gasteiger partial charge in [0.05, 0.1) is 5.75 Å². The van der Waals surface area contributed by atoms with Crippen molar-refractivity contribution in [2.45, 2.75) is 39.7 Å². The van der Waals surface area contributed by atoms with Crippen molar-refractivity contribution in [3.05, 3.63) is 0 Å². The molecule has 0 aromatic heterocycles. The number of rotatable bonds is 5. The van der Waals surface area contributed by atoms with Crippen LogP contribution < -0.4 is 5.32 Å². The highest BCUT2D eigenvalue weighted by atomic mass is 32.2. The zero-order chi connectivity index (χ0) is 12.2. The Morgan fingerprint density at radius 2 is 2.00 bits per heavy atom. The molecule has 1 rings (SSSR count). The summed E-state index contributed by atoms with van der Waals surface area (Å²) in [6, 6.07) is 0.0908. The van der Waals surface area contributed by atoms with Crippen molar-refractivity contribution in [1.29, 1.82) is 0 Å². The fourth-order valence-corrected chi connectivity index (χ4v) is 4.40. The second-order valence-corrected chi connectivity index (χ2v) is 6.59. The van der Waals surface area contributed by atoms with Gasteiger partial charge in [-0.05, 0) is 12.8 Å². The zero-order valence-electron chi connectivity index (χ0n) is 10.6. The second-order valence-electron chi connectivity index (χ2n) is 4.62. The van der Waals surface area contributed by atoms with E-state index in [-0.39, 0.29) is 6.04 Å². The molecule has 0 aromatic rings. The molecule has 1 fully saturated rings. The average molecular weight is 248 g/mol. The summed E-state index contributed by atoms with van der Waals surface area (Å²) in [6.45, 7) is 8.24. The summed E-state index contributed by atoms with van der Waals surface area (Å²) in [5.74, 6) is 0.608. The first-order chi connectivity index (χ1) is 7.51. The molecule has 16 heavy (non-hydrogen) atoms. The molecule has 0 saturated carbocycles. The van der Waals surface area contributed by atoms with Gasteiger partial charge in [-0.25, -0.2) is 8.42 Å². The maximum atomic E-state index is 12.2. The Morgan fingerprint density at radius 1 is 1.38 bits per heavy atom. The topological polar surface area (TPSA) is 49.4 Å². The van der Waals surface area contributed by atoms with Crippen LogP contribution in [0.5, 0.6) is 0 Å². The van der Waals surface area contributed by atoms with E-state index in [1.54, 1.807) is 4.31 Å². The summed E-state index contributed by atoms with van der Waals surface area (Å²) in [5.41, 5.74) is 0. The monoisotopic (exact) mass is 248 g/mol. The van der Waals surface area contributed by atoms with E-state index < -0.39 is 10.0 Å². The number of piperazine rings is 1. The largest absolute Gasteiger partial charge is 0.314 e. The molecule has 1 unspecified atom stereocenters. The van der Waals surface area contributed by atoms with Crippen LogP contribution in [-0.4, -0.2) is 44.2 Å². The average Bonchev–Trinajstić information content (AvgIpc) is 2.26. The molecule has 0 spiro atoms. The van der Waals surface area contributed by atoms with Gasteiger partial charge in [0.2, 0.25) is 10.0 Å². The van der Waals surface area contributed by atoms with Gasteiger partial charge in [-0.15, -0.1) is 0 Å². The van der Waals surface area contributed by atoms with Crippen LogP contribution in [0.3, 0.4) is 0 Å². The lowest BCUT2D eigenvalue weighted by Gasteiger charge is -2.33. The number of hydrogen-bond donors (Lipinski definition) is 1. The fourth-order valence-electron chi connectivity index (χ4n) is 2.15. The Hall–Kier alpha value is -0.130. The van der Waals surface area contributed by atoms with E-state index in [0.717, 1.165) is 25.9 Å². The molecule has 96 valence electrons. The van der Waals surface area contributed by atoms with E-state index >= 15 is 0 Å². The Balaban J connectivity index is 2.68. The van der Waals surface area contributed by atoms with Gasteiger partial charge in [-0.2, -0.15) is 4.31 Å². The van der Waals surface area contributed by atoms with Gasteiger partial charge in [0, 0.05) is 25.7 Å². The maximum absolute atomic E-state index is 12.2. The molecule has 5 heteroatoms. The molecule has 1 aliphatic rings. The van der Waals surface area contributed by atoms with Gasteiger partial charge < -0.3 is 5.32 Å². The lowest BCUT2D eigenvalue weighted by molar-refractivity contribution is 0.281. The normalized spacial score (nSPS) is 23.9. The third kappa shape index (κ3) is 3.43. The standard InChI is InChI=1S/C11H24N2O2S/c1-4-11(5-2)9-16(14,15)13-7-6-12-8-10(13)3/h10-12H,4-9H2,1-3H3. The van der Waals surface area contributed by atoms with Crippen LogP contribution in [0.4, 0.5) is 0 Å². The van der Waals surface area contributed by atoms with Crippen LogP contribution in [0.25, 0.3) is 0 Å². The predicted octanol–water partition coefficient (Wildman–Crippen LogP) is 1.05. The van der Waals surface area contributed by atoms with Crippen molar-refractivity contribution >= 4 is 10.0 Å². The molecular formula is C11H24N2O2S. The molecule has 1 heterocycles. The first kappa shape index (κ1) is 13.9. The van der Waals surface area contributed by atoms with Crippen molar-refractivity contribution in [3.8, 4) is 0 Å². The van der Waals surface area contributed by atoms with Crippen molar-refractivity contribution < 1.29 is 8.42 Å². The molecule has 1 N–H and O–H groups in total. The number of hydrogen-bond acceptors (Lipinski definition) is 3. The molecule has 0 amide bonds. The Bertz CT molecular complexity index is 299. The van der Waals surface area contributed by atoms with Crippen LogP contribution in [-0.2, 0) is 10.0 Å². The summed E-state index contributed by atoms with van der Waals surface area (Å²) in [4.78, 5) is 0. The van der Waals surface area contributed by atoms with E-state index in [4.69, 9.17) is 0 Å². The molecule has 1 saturated heterocycles. The highest BCUT2D eigenvalue weighted by molar-refractivity contribution is 7.89. The van der Waals surface area contributed by atoms with Crippen LogP contribution in [0, 0.1) is 5.92 Å². The molecule has 4 nitrogen and oxygen atoms in total. The molecule has 0 radical (unpaired) electrons. The van der Waals surface area contributed by atoms with E-state index in [1.165, 1.54) is 0 Å². The highest BCUT2D eigenvalue weighted by Crippen LogP contribution is 2.17. The SMILES string of the molecule is CCC(CC)CS(=O)(=O)N1CCNCC1C. The lowest BCUT2D eigenvalue weighted by Crippen LogP contribution is -2.53. The minimum atomic E-state index is -3.06. The molecule has 1 aliphatic heterocycles. The molecule has 1 atom stereocenters. The Morgan fingerprint density at radius 3 is 2.50 bits per heavy atom. The van der Waals surface area contributed by atoms with Crippen LogP contribution in [0.2, 0.25) is 0 Å². The Labute approximate surface area is 99.5 Å². The van der Waals surface area contributed by atoms with E-state index in [2.05, 4.69) is 19.2 Å². The first-order valence-corrected chi connectivity index (χ1v) is 7.82. The summed E-state index contributed by atoms with van der Waals surface area (Å²) < 4.78 is 26.1. The van der Waals surface area contributed by atoms with Gasteiger partial charge >= 0.3 is 0 Å². The van der Waals surface area contributed by atoms with E-state index in [0.29, 0.717) is 18.2 Å². The predicted molar refractivity (Wildman–Crippen MR) is 66.9 cm³/mol.